The van der Waals surface area contributed by atoms with E-state index in [1.54, 1.807) is 0 Å². The van der Waals surface area contributed by atoms with Crippen molar-refractivity contribution in [1.29, 1.82) is 0 Å². The Balaban J connectivity index is 0.963. The van der Waals surface area contributed by atoms with Crippen molar-refractivity contribution < 1.29 is 13.3 Å². The van der Waals surface area contributed by atoms with Crippen molar-refractivity contribution in [3.8, 4) is 67.4 Å². The molecule has 274 valence electrons. The third kappa shape index (κ3) is 5.10. The van der Waals surface area contributed by atoms with Crippen LogP contribution in [0.5, 0.6) is 0 Å². The van der Waals surface area contributed by atoms with Crippen molar-refractivity contribution in [3.63, 3.8) is 0 Å². The Bertz CT molecular complexity index is 3220. The van der Waals surface area contributed by atoms with Crippen LogP contribution in [-0.2, 0) is 5.41 Å². The predicted octanol–water partition coefficient (Wildman–Crippen LogP) is 14.5. The fraction of sp³-hybridized carbons (Fsp3) is 0.0566. The van der Waals surface area contributed by atoms with Gasteiger partial charge in [-0.15, -0.1) is 0 Å². The first-order valence-electron chi connectivity index (χ1n) is 19.6. The predicted molar refractivity (Wildman–Crippen MR) is 234 cm³/mol. The summed E-state index contributed by atoms with van der Waals surface area (Å²) in [5.41, 5.74) is 18.7. The van der Waals surface area contributed by atoms with Crippen molar-refractivity contribution in [3.05, 3.63) is 181 Å². The highest BCUT2D eigenvalue weighted by Crippen LogP contribution is 2.52. The molecule has 0 saturated carbocycles. The number of hydrogen-bond acceptors (Lipinski definition) is 5. The third-order valence-corrected chi connectivity index (χ3v) is 12.0. The second kappa shape index (κ2) is 12.2. The molecule has 0 aliphatic heterocycles. The Hall–Kier alpha value is -7.50. The molecule has 5 nitrogen and oxygen atoms in total. The first-order valence-corrected chi connectivity index (χ1v) is 19.6. The van der Waals surface area contributed by atoms with E-state index in [0.29, 0.717) is 11.8 Å². The van der Waals surface area contributed by atoms with Gasteiger partial charge < -0.3 is 13.3 Å². The SMILES string of the molecule is CC1(C)c2cc(-c3cc(-c4ccc(-c5nc6ccccc6o5)cc4)cc(-c4ccc(-c5nc6ccccc6o5)cc4)c3)ccc2-c2cc3oc4ccccc4c3cc21. The summed E-state index contributed by atoms with van der Waals surface area (Å²) in [6.45, 7) is 4.68. The molecule has 0 bridgehead atoms. The summed E-state index contributed by atoms with van der Waals surface area (Å²) in [5, 5.41) is 2.32. The minimum atomic E-state index is -0.200. The zero-order chi connectivity index (χ0) is 38.5. The van der Waals surface area contributed by atoms with E-state index in [2.05, 4.69) is 123 Å². The third-order valence-electron chi connectivity index (χ3n) is 12.0. The van der Waals surface area contributed by atoms with E-state index in [4.69, 9.17) is 23.2 Å². The molecule has 3 heterocycles. The fourth-order valence-electron chi connectivity index (χ4n) is 8.86. The topological polar surface area (TPSA) is 65.2 Å². The lowest BCUT2D eigenvalue weighted by Gasteiger charge is -2.22. The number of hydrogen-bond donors (Lipinski definition) is 0. The van der Waals surface area contributed by atoms with Gasteiger partial charge in [0.25, 0.3) is 0 Å². The number of para-hydroxylation sites is 5. The molecule has 0 radical (unpaired) electrons. The summed E-state index contributed by atoms with van der Waals surface area (Å²) in [4.78, 5) is 9.46. The van der Waals surface area contributed by atoms with Gasteiger partial charge in [0, 0.05) is 27.3 Å². The quantitative estimate of drug-likeness (QED) is 0.175. The second-order valence-electron chi connectivity index (χ2n) is 15.8. The molecule has 12 rings (SSSR count). The van der Waals surface area contributed by atoms with Crippen molar-refractivity contribution >= 4 is 44.1 Å². The van der Waals surface area contributed by atoms with Crippen LogP contribution >= 0.6 is 0 Å². The lowest BCUT2D eigenvalue weighted by atomic mass is 9.81. The van der Waals surface area contributed by atoms with Gasteiger partial charge in [0.05, 0.1) is 0 Å². The van der Waals surface area contributed by atoms with E-state index in [1.807, 2.05) is 60.7 Å². The van der Waals surface area contributed by atoms with Crippen LogP contribution < -0.4 is 0 Å². The van der Waals surface area contributed by atoms with Gasteiger partial charge in [-0.05, 0) is 147 Å². The van der Waals surface area contributed by atoms with Crippen LogP contribution in [0.15, 0.2) is 183 Å². The molecule has 0 spiro atoms. The maximum Gasteiger partial charge on any atom is 0.227 e. The summed E-state index contributed by atoms with van der Waals surface area (Å²) >= 11 is 0. The summed E-state index contributed by atoms with van der Waals surface area (Å²) in [5.74, 6) is 1.23. The van der Waals surface area contributed by atoms with Gasteiger partial charge in [-0.3, -0.25) is 0 Å². The maximum atomic E-state index is 6.34. The Morgan fingerprint density at radius 2 is 0.828 bits per heavy atom. The second-order valence-corrected chi connectivity index (χ2v) is 15.8. The average Bonchev–Trinajstić information content (AvgIpc) is 4.04. The van der Waals surface area contributed by atoms with Crippen LogP contribution in [0.25, 0.3) is 112 Å². The van der Waals surface area contributed by atoms with Crippen molar-refractivity contribution in [2.24, 2.45) is 0 Å². The average molecular weight is 747 g/mol. The number of rotatable bonds is 5. The molecule has 0 saturated heterocycles. The van der Waals surface area contributed by atoms with Crippen LogP contribution in [0.4, 0.5) is 0 Å². The van der Waals surface area contributed by atoms with E-state index in [-0.39, 0.29) is 5.41 Å². The molecular weight excluding hydrogens is 713 g/mol. The Kier molecular flexibility index (Phi) is 6.91. The Labute approximate surface area is 333 Å². The Morgan fingerprint density at radius 1 is 0.345 bits per heavy atom. The minimum Gasteiger partial charge on any atom is -0.456 e. The highest BCUT2D eigenvalue weighted by Gasteiger charge is 2.36. The summed E-state index contributed by atoms with van der Waals surface area (Å²) in [7, 11) is 0. The fourth-order valence-corrected chi connectivity index (χ4v) is 8.86. The largest absolute Gasteiger partial charge is 0.456 e. The number of fused-ring (bicyclic) bond motifs is 8. The number of benzene rings is 8. The molecule has 0 N–H and O–H groups in total. The first kappa shape index (κ1) is 32.7. The zero-order valence-electron chi connectivity index (χ0n) is 31.8. The minimum absolute atomic E-state index is 0.200. The van der Waals surface area contributed by atoms with Gasteiger partial charge in [0.15, 0.2) is 11.2 Å². The van der Waals surface area contributed by atoms with Crippen LogP contribution in [-0.4, -0.2) is 9.97 Å². The molecule has 8 aromatic carbocycles. The van der Waals surface area contributed by atoms with E-state index in [1.165, 1.54) is 27.8 Å². The monoisotopic (exact) mass is 746 g/mol. The van der Waals surface area contributed by atoms with E-state index in [0.717, 1.165) is 83.1 Å². The van der Waals surface area contributed by atoms with Crippen molar-refractivity contribution in [2.45, 2.75) is 19.3 Å². The molecule has 5 heteroatoms. The van der Waals surface area contributed by atoms with E-state index < -0.39 is 0 Å². The summed E-state index contributed by atoms with van der Waals surface area (Å²) in [6.07, 6.45) is 0. The summed E-state index contributed by atoms with van der Waals surface area (Å²) in [6, 6.07) is 59.5. The molecule has 0 amide bonds. The summed E-state index contributed by atoms with van der Waals surface area (Å²) < 4.78 is 18.5. The highest BCUT2D eigenvalue weighted by molar-refractivity contribution is 6.07. The van der Waals surface area contributed by atoms with Crippen LogP contribution in [0.2, 0.25) is 0 Å². The zero-order valence-corrected chi connectivity index (χ0v) is 31.8. The van der Waals surface area contributed by atoms with Gasteiger partial charge in [-0.25, -0.2) is 9.97 Å². The van der Waals surface area contributed by atoms with Gasteiger partial charge in [-0.1, -0.05) is 92.7 Å². The number of nitrogens with zero attached hydrogens (tertiary/aromatic N) is 2. The standard InChI is InChI=1S/C53H34N2O3/c1-53(2)43-28-35(23-24-39(43)41-30-50-42(29-44(41)53)40-9-3-6-12-47(40)56-50)38-26-36(31-15-19-33(20-16-31)51-54-45-10-4-7-13-48(45)57-51)25-37(27-38)32-17-21-34(22-18-32)52-55-46-11-5-8-14-49(46)58-52/h3-30H,1-2H3. The van der Waals surface area contributed by atoms with E-state index >= 15 is 0 Å². The molecule has 3 aromatic heterocycles. The highest BCUT2D eigenvalue weighted by atomic mass is 16.4. The number of furan rings is 1. The molecule has 0 unspecified atom stereocenters. The van der Waals surface area contributed by atoms with Crippen LogP contribution in [0, 0.1) is 0 Å². The van der Waals surface area contributed by atoms with Gasteiger partial charge in [0.2, 0.25) is 11.8 Å². The lowest BCUT2D eigenvalue weighted by Crippen LogP contribution is -2.15. The number of oxazole rings is 2. The van der Waals surface area contributed by atoms with E-state index in [9.17, 15) is 0 Å². The Morgan fingerprint density at radius 3 is 1.41 bits per heavy atom. The van der Waals surface area contributed by atoms with Crippen LogP contribution in [0.3, 0.4) is 0 Å². The molecule has 1 aliphatic carbocycles. The maximum absolute atomic E-state index is 6.34. The van der Waals surface area contributed by atoms with Crippen molar-refractivity contribution in [1.82, 2.24) is 9.97 Å². The molecule has 1 aliphatic rings. The number of aromatic nitrogens is 2. The lowest BCUT2D eigenvalue weighted by molar-refractivity contribution is 0.619. The van der Waals surface area contributed by atoms with Gasteiger partial charge in [-0.2, -0.15) is 0 Å². The van der Waals surface area contributed by atoms with Gasteiger partial charge in [0.1, 0.15) is 22.2 Å². The molecule has 0 fully saturated rings. The molecule has 11 aromatic rings. The first-order chi connectivity index (χ1) is 28.4. The smallest absolute Gasteiger partial charge is 0.227 e. The normalized spacial score (nSPS) is 13.1. The molecular formula is C53H34N2O3. The van der Waals surface area contributed by atoms with Crippen molar-refractivity contribution in [2.75, 3.05) is 0 Å². The van der Waals surface area contributed by atoms with Crippen LogP contribution in [0.1, 0.15) is 25.0 Å². The molecule has 0 atom stereocenters. The van der Waals surface area contributed by atoms with Gasteiger partial charge >= 0.3 is 0 Å². The molecule has 58 heavy (non-hydrogen) atoms.